The number of amides is 1. The van der Waals surface area contributed by atoms with Crippen molar-refractivity contribution >= 4 is 46.1 Å². The number of hydrogen-bond donors (Lipinski definition) is 1. The summed E-state index contributed by atoms with van der Waals surface area (Å²) in [5, 5.41) is 3.53. The number of halogens is 5. The Labute approximate surface area is 237 Å². The molecule has 0 bridgehead atoms. The third kappa shape index (κ3) is 8.64. The third-order valence-electron chi connectivity index (χ3n) is 6.05. The van der Waals surface area contributed by atoms with E-state index in [4.69, 9.17) is 23.2 Å². The van der Waals surface area contributed by atoms with Crippen molar-refractivity contribution in [1.29, 1.82) is 0 Å². The molecule has 0 saturated heterocycles. The number of hydrogen-bond acceptors (Lipinski definition) is 5. The Hall–Kier alpha value is -2.70. The highest BCUT2D eigenvalue weighted by atomic mass is 35.5. The number of pyridine rings is 1. The van der Waals surface area contributed by atoms with Gasteiger partial charge in [0.2, 0.25) is 0 Å². The Morgan fingerprint density at radius 2 is 1.79 bits per heavy atom. The standard InChI is InChI=1S/C26H27Cl2F3N4O3S/c1-34(2)21(14-19-4-3-5-22(27)24(19)28)12-13-35(39(37)38)20-9-7-18(8-10-20)25(36)33-16-17-6-11-23(32-15-17)26(29,30)31/h3-11,15,21H,12-14,16H2,1-2H3,(H,33,36)(H,37,38)/p-1. The van der Waals surface area contributed by atoms with Crippen LogP contribution in [0.15, 0.2) is 60.8 Å². The van der Waals surface area contributed by atoms with Crippen molar-refractivity contribution in [3.8, 4) is 0 Å². The zero-order valence-corrected chi connectivity index (χ0v) is 23.4. The van der Waals surface area contributed by atoms with Gasteiger partial charge in [-0.2, -0.15) is 13.2 Å². The second-order valence-corrected chi connectivity index (χ2v) is 10.6. The van der Waals surface area contributed by atoms with Gasteiger partial charge in [0.05, 0.1) is 10.0 Å². The third-order valence-corrected chi connectivity index (χ3v) is 7.66. The Bertz CT molecular complexity index is 1290. The fraction of sp³-hybridized carbons (Fsp3) is 0.308. The van der Waals surface area contributed by atoms with E-state index >= 15 is 0 Å². The van der Waals surface area contributed by atoms with Gasteiger partial charge in [0.15, 0.2) is 0 Å². The first-order valence-corrected chi connectivity index (χ1v) is 13.5. The van der Waals surface area contributed by atoms with Gasteiger partial charge in [-0.25, -0.2) is 0 Å². The van der Waals surface area contributed by atoms with Crippen molar-refractivity contribution in [2.45, 2.75) is 31.6 Å². The molecule has 1 N–H and O–H groups in total. The van der Waals surface area contributed by atoms with E-state index in [1.54, 1.807) is 6.07 Å². The zero-order valence-electron chi connectivity index (χ0n) is 21.0. The summed E-state index contributed by atoms with van der Waals surface area (Å²) in [7, 11) is 3.80. The average molecular weight is 602 g/mol. The topological polar surface area (TPSA) is 88.6 Å². The number of carbonyl (C=O) groups is 1. The Kier molecular flexibility index (Phi) is 10.7. The average Bonchev–Trinajstić information content (AvgIpc) is 2.89. The molecule has 0 saturated carbocycles. The number of likely N-dealkylation sites (N-methyl/N-ethyl adjacent to an activating group) is 1. The van der Waals surface area contributed by atoms with Gasteiger partial charge in [-0.05, 0) is 74.5 Å². The number of nitrogens with zero attached hydrogens (tertiary/aromatic N) is 3. The lowest BCUT2D eigenvalue weighted by molar-refractivity contribution is -0.141. The number of alkyl halides is 3. The molecule has 1 amide bonds. The van der Waals surface area contributed by atoms with Crippen LogP contribution >= 0.6 is 23.2 Å². The van der Waals surface area contributed by atoms with Crippen LogP contribution < -0.4 is 9.62 Å². The molecule has 1 aromatic heterocycles. The van der Waals surface area contributed by atoms with Gasteiger partial charge >= 0.3 is 6.18 Å². The Morgan fingerprint density at radius 3 is 2.36 bits per heavy atom. The fourth-order valence-electron chi connectivity index (χ4n) is 3.82. The van der Waals surface area contributed by atoms with Gasteiger partial charge in [0.1, 0.15) is 5.69 Å². The molecule has 13 heteroatoms. The lowest BCUT2D eigenvalue weighted by Gasteiger charge is -2.31. The number of rotatable bonds is 11. The molecule has 210 valence electrons. The fourth-order valence-corrected chi connectivity index (χ4v) is 4.76. The van der Waals surface area contributed by atoms with E-state index in [2.05, 4.69) is 10.3 Å². The van der Waals surface area contributed by atoms with Gasteiger partial charge in [0.25, 0.3) is 5.91 Å². The van der Waals surface area contributed by atoms with Crippen LogP contribution in [0.1, 0.15) is 33.6 Å². The molecule has 2 aromatic carbocycles. The van der Waals surface area contributed by atoms with Gasteiger partial charge in [-0.1, -0.05) is 41.4 Å². The minimum Gasteiger partial charge on any atom is -0.755 e. The van der Waals surface area contributed by atoms with Gasteiger partial charge in [-0.3, -0.25) is 14.0 Å². The van der Waals surface area contributed by atoms with Gasteiger partial charge < -0.3 is 19.1 Å². The summed E-state index contributed by atoms with van der Waals surface area (Å²) in [6.07, 6.45) is -2.43. The van der Waals surface area contributed by atoms with Crippen LogP contribution in [-0.2, 0) is 30.4 Å². The maximum atomic E-state index is 12.6. The van der Waals surface area contributed by atoms with Crippen molar-refractivity contribution in [3.05, 3.63) is 93.2 Å². The normalized spacial score (nSPS) is 13.3. The minimum absolute atomic E-state index is 0.0228. The molecule has 2 unspecified atom stereocenters. The first-order chi connectivity index (χ1) is 18.4. The van der Waals surface area contributed by atoms with E-state index in [-0.39, 0.29) is 24.7 Å². The van der Waals surface area contributed by atoms with E-state index in [0.29, 0.717) is 34.1 Å². The summed E-state index contributed by atoms with van der Waals surface area (Å²) in [6.45, 7) is 0.161. The molecule has 0 aliphatic carbocycles. The van der Waals surface area contributed by atoms with Crippen molar-refractivity contribution in [3.63, 3.8) is 0 Å². The largest absolute Gasteiger partial charge is 0.755 e. The highest BCUT2D eigenvalue weighted by Gasteiger charge is 2.32. The number of carbonyl (C=O) groups excluding carboxylic acids is 1. The summed E-state index contributed by atoms with van der Waals surface area (Å²) >= 11 is 9.90. The zero-order chi connectivity index (χ0) is 28.7. The summed E-state index contributed by atoms with van der Waals surface area (Å²) < 4.78 is 63.2. The summed E-state index contributed by atoms with van der Waals surface area (Å²) in [4.78, 5) is 17.9. The lowest BCUT2D eigenvalue weighted by atomic mass is 10.0. The highest BCUT2D eigenvalue weighted by molar-refractivity contribution is 7.80. The smallest absolute Gasteiger partial charge is 0.433 e. The van der Waals surface area contributed by atoms with Crippen molar-refractivity contribution in [1.82, 2.24) is 15.2 Å². The second kappa shape index (κ2) is 13.6. The molecule has 3 aromatic rings. The summed E-state index contributed by atoms with van der Waals surface area (Å²) in [5.74, 6) is -0.470. The van der Waals surface area contributed by atoms with E-state index < -0.39 is 29.0 Å². The molecule has 39 heavy (non-hydrogen) atoms. The predicted octanol–water partition coefficient (Wildman–Crippen LogP) is 5.50. The van der Waals surface area contributed by atoms with E-state index in [0.717, 1.165) is 17.8 Å². The Morgan fingerprint density at radius 1 is 1.10 bits per heavy atom. The maximum Gasteiger partial charge on any atom is 0.433 e. The molecular weight excluding hydrogens is 576 g/mol. The Balaban J connectivity index is 1.62. The first kappa shape index (κ1) is 30.8. The number of nitrogens with one attached hydrogen (secondary N) is 1. The van der Waals surface area contributed by atoms with E-state index in [1.165, 1.54) is 34.6 Å². The quantitative estimate of drug-likeness (QED) is 0.293. The van der Waals surface area contributed by atoms with Gasteiger partial charge in [0, 0.05) is 47.8 Å². The molecule has 0 aliphatic rings. The maximum absolute atomic E-state index is 12.6. The molecule has 7 nitrogen and oxygen atoms in total. The lowest BCUT2D eigenvalue weighted by Crippen LogP contribution is -2.36. The van der Waals surface area contributed by atoms with E-state index in [9.17, 15) is 26.7 Å². The number of anilines is 1. The van der Waals surface area contributed by atoms with E-state index in [1.807, 2.05) is 31.1 Å². The van der Waals surface area contributed by atoms with Gasteiger partial charge in [-0.15, -0.1) is 0 Å². The molecule has 3 rings (SSSR count). The highest BCUT2D eigenvalue weighted by Crippen LogP contribution is 2.28. The van der Waals surface area contributed by atoms with Crippen LogP contribution in [0.3, 0.4) is 0 Å². The summed E-state index contributed by atoms with van der Waals surface area (Å²) in [6, 6.07) is 13.4. The van der Waals surface area contributed by atoms with Crippen molar-refractivity contribution in [2.75, 3.05) is 24.9 Å². The van der Waals surface area contributed by atoms with Crippen molar-refractivity contribution in [2.24, 2.45) is 0 Å². The molecular formula is C26H26Cl2F3N4O3S-. The first-order valence-electron chi connectivity index (χ1n) is 11.7. The molecule has 0 fully saturated rings. The molecule has 0 spiro atoms. The second-order valence-electron chi connectivity index (χ2n) is 8.92. The van der Waals surface area contributed by atoms with Crippen LogP contribution in [0.25, 0.3) is 0 Å². The van der Waals surface area contributed by atoms with Crippen LogP contribution in [0.2, 0.25) is 10.0 Å². The van der Waals surface area contributed by atoms with Crippen LogP contribution in [-0.4, -0.2) is 51.2 Å². The number of benzene rings is 2. The molecule has 0 radical (unpaired) electrons. The van der Waals surface area contributed by atoms with Crippen LogP contribution in [0.5, 0.6) is 0 Å². The molecule has 2 atom stereocenters. The SMILES string of the molecule is CN(C)C(CCN(c1ccc(C(=O)NCc2ccc(C(F)(F)F)nc2)cc1)S(=O)[O-])Cc1cccc(Cl)c1Cl. The summed E-state index contributed by atoms with van der Waals surface area (Å²) in [5.41, 5.74) is 0.885. The minimum atomic E-state index is -4.54. The number of aromatic nitrogens is 1. The van der Waals surface area contributed by atoms with Crippen molar-refractivity contribution < 1.29 is 26.7 Å². The van der Waals surface area contributed by atoms with Crippen LogP contribution in [0.4, 0.5) is 18.9 Å². The monoisotopic (exact) mass is 601 g/mol. The molecule has 1 heterocycles. The molecule has 0 aliphatic heterocycles. The van der Waals surface area contributed by atoms with Crippen LogP contribution in [0, 0.1) is 0 Å². The predicted molar refractivity (Wildman–Crippen MR) is 145 cm³/mol.